The zero-order chi connectivity index (χ0) is 19.8. The van der Waals surface area contributed by atoms with Crippen LogP contribution in [0.15, 0.2) is 30.3 Å². The van der Waals surface area contributed by atoms with E-state index < -0.39 is 24.3 Å². The highest BCUT2D eigenvalue weighted by Crippen LogP contribution is 2.21. The van der Waals surface area contributed by atoms with E-state index >= 15 is 0 Å². The average Bonchev–Trinajstić information content (AvgIpc) is 3.22. The number of hydrogen-bond donors (Lipinski definition) is 3. The van der Waals surface area contributed by atoms with E-state index in [2.05, 4.69) is 5.48 Å². The van der Waals surface area contributed by atoms with E-state index in [4.69, 9.17) is 14.3 Å². The highest BCUT2D eigenvalue weighted by atomic mass is 16.7. The maximum atomic E-state index is 12.1. The molecule has 8 nitrogen and oxygen atoms in total. The van der Waals surface area contributed by atoms with Gasteiger partial charge in [-0.15, -0.1) is 0 Å². The summed E-state index contributed by atoms with van der Waals surface area (Å²) in [5.74, 6) is 0. The minimum atomic E-state index is -1.10. The fraction of sp³-hybridized carbons (Fsp3) is 0.650. The van der Waals surface area contributed by atoms with Crippen LogP contribution in [0.4, 0.5) is 4.79 Å². The Morgan fingerprint density at radius 3 is 2.54 bits per heavy atom. The van der Waals surface area contributed by atoms with Gasteiger partial charge in [0.05, 0.1) is 37.5 Å². The summed E-state index contributed by atoms with van der Waals surface area (Å²) in [5, 5.41) is 20.7. The van der Waals surface area contributed by atoms with Crippen molar-refractivity contribution in [2.45, 2.75) is 56.4 Å². The van der Waals surface area contributed by atoms with E-state index in [1.54, 1.807) is 0 Å². The summed E-state index contributed by atoms with van der Waals surface area (Å²) in [5.41, 5.74) is 3.81. The van der Waals surface area contributed by atoms with Gasteiger partial charge in [0.25, 0.3) is 0 Å². The van der Waals surface area contributed by atoms with E-state index in [-0.39, 0.29) is 32.7 Å². The van der Waals surface area contributed by atoms with Crippen LogP contribution in [0.2, 0.25) is 0 Å². The Morgan fingerprint density at radius 2 is 1.89 bits per heavy atom. The number of benzene rings is 1. The standard InChI is InChI=1S/C20H30N2O6/c23-19(11-21-28-17-8-4-5-9-17)18(10-15-6-2-1-3-7-15)22(20(24)25)16-12-26-14-27-13-16/h1-3,6-7,16-19,21,23H,4-5,8-14H2,(H,24,25). The molecule has 2 unspecified atom stereocenters. The summed E-state index contributed by atoms with van der Waals surface area (Å²) in [7, 11) is 0. The van der Waals surface area contributed by atoms with Crippen molar-refractivity contribution in [1.82, 2.24) is 10.4 Å². The lowest BCUT2D eigenvalue weighted by Gasteiger charge is -2.39. The Labute approximate surface area is 165 Å². The van der Waals surface area contributed by atoms with Crippen molar-refractivity contribution in [2.75, 3.05) is 26.6 Å². The van der Waals surface area contributed by atoms with Crippen LogP contribution in [0, 0.1) is 0 Å². The minimum absolute atomic E-state index is 0.145. The van der Waals surface area contributed by atoms with Gasteiger partial charge in [0.15, 0.2) is 0 Å². The molecule has 2 atom stereocenters. The first-order chi connectivity index (χ1) is 13.6. The molecular weight excluding hydrogens is 364 g/mol. The van der Waals surface area contributed by atoms with Gasteiger partial charge < -0.3 is 19.7 Å². The van der Waals surface area contributed by atoms with Crippen molar-refractivity contribution in [3.63, 3.8) is 0 Å². The number of carboxylic acid groups (broad SMARTS) is 1. The van der Waals surface area contributed by atoms with Crippen molar-refractivity contribution in [1.29, 1.82) is 0 Å². The summed E-state index contributed by atoms with van der Waals surface area (Å²) < 4.78 is 10.6. The van der Waals surface area contributed by atoms with Crippen molar-refractivity contribution >= 4 is 6.09 Å². The quantitative estimate of drug-likeness (QED) is 0.549. The molecule has 0 bridgehead atoms. The van der Waals surface area contributed by atoms with Gasteiger partial charge in [-0.25, -0.2) is 4.79 Å². The highest BCUT2D eigenvalue weighted by Gasteiger charge is 2.36. The number of nitrogens with one attached hydrogen (secondary N) is 1. The highest BCUT2D eigenvalue weighted by molar-refractivity contribution is 5.66. The normalized spacial score (nSPS) is 20.8. The molecule has 28 heavy (non-hydrogen) atoms. The van der Waals surface area contributed by atoms with Gasteiger partial charge in [0, 0.05) is 6.54 Å². The summed E-state index contributed by atoms with van der Waals surface area (Å²) in [6.45, 7) is 0.797. The van der Waals surface area contributed by atoms with Gasteiger partial charge in [-0.1, -0.05) is 43.2 Å². The van der Waals surface area contributed by atoms with Gasteiger partial charge in [0.2, 0.25) is 0 Å². The third-order valence-electron chi connectivity index (χ3n) is 5.34. The van der Waals surface area contributed by atoms with Gasteiger partial charge in [-0.05, 0) is 24.8 Å². The summed E-state index contributed by atoms with van der Waals surface area (Å²) in [6, 6.07) is 8.44. The molecule has 0 aromatic heterocycles. The van der Waals surface area contributed by atoms with Crippen LogP contribution in [-0.2, 0) is 20.7 Å². The molecule has 1 saturated carbocycles. The molecule has 1 amide bonds. The first kappa shape index (κ1) is 21.0. The molecule has 2 aliphatic rings. The smallest absolute Gasteiger partial charge is 0.408 e. The Balaban J connectivity index is 1.69. The molecule has 8 heteroatoms. The van der Waals surface area contributed by atoms with E-state index in [1.807, 2.05) is 30.3 Å². The number of aliphatic hydroxyl groups is 1. The van der Waals surface area contributed by atoms with Crippen LogP contribution in [-0.4, -0.2) is 72.0 Å². The summed E-state index contributed by atoms with van der Waals surface area (Å²) >= 11 is 0. The molecule has 1 saturated heterocycles. The van der Waals surface area contributed by atoms with Crippen LogP contribution in [0.5, 0.6) is 0 Å². The second-order valence-electron chi connectivity index (χ2n) is 7.40. The predicted octanol–water partition coefficient (Wildman–Crippen LogP) is 1.78. The topological polar surface area (TPSA) is 100 Å². The number of hydroxylamine groups is 1. The number of ether oxygens (including phenoxy) is 2. The molecule has 2 fully saturated rings. The third-order valence-corrected chi connectivity index (χ3v) is 5.34. The molecule has 1 aromatic rings. The second kappa shape index (κ2) is 10.7. The van der Waals surface area contributed by atoms with E-state index in [0.717, 1.165) is 31.2 Å². The van der Waals surface area contributed by atoms with Crippen molar-refractivity contribution in [3.8, 4) is 0 Å². The fourth-order valence-electron chi connectivity index (χ4n) is 3.87. The number of carbonyl (C=O) groups is 1. The molecule has 0 spiro atoms. The number of nitrogens with zero attached hydrogens (tertiary/aromatic N) is 1. The molecule has 3 rings (SSSR count). The number of rotatable bonds is 9. The Hall–Kier alpha value is -1.71. The lowest BCUT2D eigenvalue weighted by atomic mass is 9.98. The Bertz CT molecular complexity index is 590. The van der Waals surface area contributed by atoms with E-state index in [0.29, 0.717) is 6.42 Å². The molecule has 1 heterocycles. The first-order valence-corrected chi connectivity index (χ1v) is 9.92. The largest absolute Gasteiger partial charge is 0.465 e. The van der Waals surface area contributed by atoms with Crippen LogP contribution in [0.3, 0.4) is 0 Å². The van der Waals surface area contributed by atoms with E-state index in [9.17, 15) is 15.0 Å². The van der Waals surface area contributed by atoms with Crippen molar-refractivity contribution in [3.05, 3.63) is 35.9 Å². The molecule has 156 valence electrons. The molecule has 0 radical (unpaired) electrons. The number of amides is 1. The maximum Gasteiger partial charge on any atom is 0.408 e. The Kier molecular flexibility index (Phi) is 8.05. The number of hydrogen-bond acceptors (Lipinski definition) is 6. The van der Waals surface area contributed by atoms with E-state index in [1.165, 1.54) is 4.90 Å². The summed E-state index contributed by atoms with van der Waals surface area (Å²) in [6.07, 6.45) is 2.82. The van der Waals surface area contributed by atoms with Crippen LogP contribution >= 0.6 is 0 Å². The fourth-order valence-corrected chi connectivity index (χ4v) is 3.87. The zero-order valence-corrected chi connectivity index (χ0v) is 16.0. The van der Waals surface area contributed by atoms with Gasteiger partial charge in [-0.2, -0.15) is 5.48 Å². The molecule has 3 N–H and O–H groups in total. The molecular formula is C20H30N2O6. The zero-order valence-electron chi connectivity index (χ0n) is 16.0. The van der Waals surface area contributed by atoms with Crippen LogP contribution in [0.25, 0.3) is 0 Å². The predicted molar refractivity (Wildman–Crippen MR) is 102 cm³/mol. The monoisotopic (exact) mass is 394 g/mol. The molecule has 1 aliphatic heterocycles. The third kappa shape index (κ3) is 5.89. The van der Waals surface area contributed by atoms with Crippen LogP contribution in [0.1, 0.15) is 31.2 Å². The van der Waals surface area contributed by atoms with Crippen LogP contribution < -0.4 is 5.48 Å². The Morgan fingerprint density at radius 1 is 1.21 bits per heavy atom. The maximum absolute atomic E-state index is 12.1. The second-order valence-corrected chi connectivity index (χ2v) is 7.40. The molecule has 1 aromatic carbocycles. The minimum Gasteiger partial charge on any atom is -0.465 e. The van der Waals surface area contributed by atoms with Gasteiger partial charge >= 0.3 is 6.09 Å². The van der Waals surface area contributed by atoms with Crippen molar-refractivity contribution < 1.29 is 29.3 Å². The van der Waals surface area contributed by atoms with Crippen molar-refractivity contribution in [2.24, 2.45) is 0 Å². The molecule has 1 aliphatic carbocycles. The van der Waals surface area contributed by atoms with Gasteiger partial charge in [-0.3, -0.25) is 9.74 Å². The number of aliphatic hydroxyl groups excluding tert-OH is 1. The first-order valence-electron chi connectivity index (χ1n) is 9.92. The SMILES string of the molecule is O=C(O)N(C1COCOC1)C(Cc1ccccc1)C(O)CNOC1CCCC1. The average molecular weight is 394 g/mol. The lowest BCUT2D eigenvalue weighted by molar-refractivity contribution is -0.141. The lowest BCUT2D eigenvalue weighted by Crippen LogP contribution is -2.58. The van der Waals surface area contributed by atoms with Gasteiger partial charge in [0.1, 0.15) is 6.79 Å². The summed E-state index contributed by atoms with van der Waals surface area (Å²) in [4.78, 5) is 19.0.